The van der Waals surface area contributed by atoms with E-state index in [0.29, 0.717) is 12.2 Å². The molecule has 1 aliphatic carbocycles. The molecule has 15 heavy (non-hydrogen) atoms. The summed E-state index contributed by atoms with van der Waals surface area (Å²) in [6, 6.07) is 6.02. The highest BCUT2D eigenvalue weighted by atomic mass is 79.9. The van der Waals surface area contributed by atoms with Gasteiger partial charge in [-0.05, 0) is 37.0 Å². The van der Waals surface area contributed by atoms with Crippen molar-refractivity contribution in [2.45, 2.75) is 39.5 Å². The molecule has 0 aliphatic heterocycles. The van der Waals surface area contributed by atoms with E-state index < -0.39 is 0 Å². The predicted molar refractivity (Wildman–Crippen MR) is 67.4 cm³/mol. The average molecular weight is 269 g/mol. The molecule has 1 aliphatic rings. The van der Waals surface area contributed by atoms with Crippen LogP contribution in [0.4, 0.5) is 0 Å². The molecule has 0 fully saturated rings. The molecule has 0 unspecified atom stereocenters. The monoisotopic (exact) mass is 268 g/mol. The van der Waals surface area contributed by atoms with Crippen molar-refractivity contribution >= 4 is 21.7 Å². The SMILES string of the molecule is CC.O=C1CCCCc2ccc(Br)cc21. The maximum atomic E-state index is 11.6. The molecule has 1 aromatic carbocycles. The van der Waals surface area contributed by atoms with Crippen molar-refractivity contribution in [1.82, 2.24) is 0 Å². The molecule has 0 atom stereocenters. The number of hydrogen-bond donors (Lipinski definition) is 0. The first-order valence-electron chi connectivity index (χ1n) is 5.59. The Kier molecular flexibility index (Phi) is 5.03. The van der Waals surface area contributed by atoms with Gasteiger partial charge in [0, 0.05) is 16.5 Å². The van der Waals surface area contributed by atoms with Gasteiger partial charge in [-0.1, -0.05) is 35.8 Å². The van der Waals surface area contributed by atoms with Gasteiger partial charge in [-0.3, -0.25) is 4.79 Å². The fourth-order valence-electron chi connectivity index (χ4n) is 1.76. The van der Waals surface area contributed by atoms with Crippen molar-refractivity contribution in [3.05, 3.63) is 33.8 Å². The van der Waals surface area contributed by atoms with Gasteiger partial charge in [0.25, 0.3) is 0 Å². The Morgan fingerprint density at radius 3 is 2.53 bits per heavy atom. The molecule has 2 rings (SSSR count). The maximum absolute atomic E-state index is 11.6. The molecule has 1 aromatic rings. The minimum atomic E-state index is 0.300. The third-order valence-corrected chi connectivity index (χ3v) is 2.97. The molecule has 0 spiro atoms. The molecule has 0 saturated carbocycles. The normalized spacial score (nSPS) is 14.7. The van der Waals surface area contributed by atoms with Crippen LogP contribution in [0.25, 0.3) is 0 Å². The lowest BCUT2D eigenvalue weighted by Gasteiger charge is -2.03. The van der Waals surface area contributed by atoms with E-state index in [0.717, 1.165) is 29.3 Å². The van der Waals surface area contributed by atoms with E-state index in [1.54, 1.807) is 0 Å². The van der Waals surface area contributed by atoms with Gasteiger partial charge >= 0.3 is 0 Å². The van der Waals surface area contributed by atoms with E-state index >= 15 is 0 Å². The molecule has 0 radical (unpaired) electrons. The molecule has 0 bridgehead atoms. The van der Waals surface area contributed by atoms with Crippen molar-refractivity contribution in [3.63, 3.8) is 0 Å². The van der Waals surface area contributed by atoms with E-state index in [9.17, 15) is 4.79 Å². The molecule has 0 N–H and O–H groups in total. The van der Waals surface area contributed by atoms with Crippen LogP contribution < -0.4 is 0 Å². The average Bonchev–Trinajstić information content (AvgIpc) is 2.44. The summed E-state index contributed by atoms with van der Waals surface area (Å²) in [6.45, 7) is 4.00. The smallest absolute Gasteiger partial charge is 0.163 e. The molecule has 0 amide bonds. The second kappa shape index (κ2) is 6.06. The van der Waals surface area contributed by atoms with Gasteiger partial charge in [0.05, 0.1) is 0 Å². The number of carbonyl (C=O) groups excluding carboxylic acids is 1. The number of benzene rings is 1. The van der Waals surface area contributed by atoms with E-state index in [1.807, 2.05) is 26.0 Å². The number of ketones is 1. The fraction of sp³-hybridized carbons (Fsp3) is 0.462. The molecule has 0 saturated heterocycles. The zero-order chi connectivity index (χ0) is 11.3. The number of Topliss-reactive ketones (excluding diaryl/α,β-unsaturated/α-hetero) is 1. The fourth-order valence-corrected chi connectivity index (χ4v) is 2.12. The van der Waals surface area contributed by atoms with Crippen molar-refractivity contribution in [3.8, 4) is 0 Å². The Labute approximate surface area is 100 Å². The Balaban J connectivity index is 0.000000531. The second-order valence-electron chi connectivity index (χ2n) is 3.43. The summed E-state index contributed by atoms with van der Waals surface area (Å²) in [5.74, 6) is 0.300. The number of hydrogen-bond acceptors (Lipinski definition) is 1. The van der Waals surface area contributed by atoms with Crippen LogP contribution in [0.3, 0.4) is 0 Å². The molecule has 2 heteroatoms. The minimum absolute atomic E-state index is 0.300. The highest BCUT2D eigenvalue weighted by Gasteiger charge is 2.14. The Morgan fingerprint density at radius 2 is 1.80 bits per heavy atom. The Hall–Kier alpha value is -0.630. The lowest BCUT2D eigenvalue weighted by molar-refractivity contribution is 0.0982. The van der Waals surface area contributed by atoms with Gasteiger partial charge in [-0.15, -0.1) is 0 Å². The van der Waals surface area contributed by atoms with E-state index in [-0.39, 0.29) is 0 Å². The molecule has 0 heterocycles. The van der Waals surface area contributed by atoms with Crippen LogP contribution in [0.2, 0.25) is 0 Å². The van der Waals surface area contributed by atoms with E-state index in [4.69, 9.17) is 0 Å². The summed E-state index contributed by atoms with van der Waals surface area (Å²) in [5.41, 5.74) is 2.14. The molecular formula is C13H17BrO. The topological polar surface area (TPSA) is 17.1 Å². The van der Waals surface area contributed by atoms with E-state index in [1.165, 1.54) is 5.56 Å². The first kappa shape index (κ1) is 12.4. The summed E-state index contributed by atoms with van der Waals surface area (Å²) in [5, 5.41) is 0. The van der Waals surface area contributed by atoms with Crippen LogP contribution in [0.1, 0.15) is 49.0 Å². The summed E-state index contributed by atoms with van der Waals surface area (Å²) < 4.78 is 1.00. The minimum Gasteiger partial charge on any atom is -0.294 e. The van der Waals surface area contributed by atoms with Gasteiger partial charge in [0.1, 0.15) is 0 Å². The summed E-state index contributed by atoms with van der Waals surface area (Å²) in [7, 11) is 0. The number of fused-ring (bicyclic) bond motifs is 1. The van der Waals surface area contributed by atoms with Crippen molar-refractivity contribution in [2.24, 2.45) is 0 Å². The van der Waals surface area contributed by atoms with Crippen LogP contribution in [-0.4, -0.2) is 5.78 Å². The lowest BCUT2D eigenvalue weighted by atomic mass is 10.0. The quantitative estimate of drug-likeness (QED) is 0.638. The van der Waals surface area contributed by atoms with Crippen LogP contribution in [0.15, 0.2) is 22.7 Å². The first-order valence-corrected chi connectivity index (χ1v) is 6.38. The number of carbonyl (C=O) groups is 1. The summed E-state index contributed by atoms with van der Waals surface area (Å²) >= 11 is 3.39. The second-order valence-corrected chi connectivity index (χ2v) is 4.35. The van der Waals surface area contributed by atoms with Gasteiger partial charge in [-0.2, -0.15) is 0 Å². The number of rotatable bonds is 0. The zero-order valence-electron chi connectivity index (χ0n) is 9.35. The molecule has 82 valence electrons. The Bertz CT molecular complexity index is 344. The number of aryl methyl sites for hydroxylation is 1. The standard InChI is InChI=1S/C11H11BrO.C2H6/c12-9-6-5-8-3-1-2-4-11(13)10(8)7-9;1-2/h5-7H,1-4H2;1-2H3. The third kappa shape index (κ3) is 3.16. The zero-order valence-corrected chi connectivity index (χ0v) is 10.9. The number of halogens is 1. The van der Waals surface area contributed by atoms with Gasteiger partial charge < -0.3 is 0 Å². The summed E-state index contributed by atoms with van der Waals surface area (Å²) in [4.78, 5) is 11.6. The highest BCUT2D eigenvalue weighted by Crippen LogP contribution is 2.23. The first-order chi connectivity index (χ1) is 7.27. The molecule has 0 aromatic heterocycles. The van der Waals surface area contributed by atoms with E-state index in [2.05, 4.69) is 22.0 Å². The van der Waals surface area contributed by atoms with Crippen LogP contribution in [-0.2, 0) is 6.42 Å². The van der Waals surface area contributed by atoms with Crippen molar-refractivity contribution in [1.29, 1.82) is 0 Å². The lowest BCUT2D eigenvalue weighted by Crippen LogP contribution is -1.99. The molecular weight excluding hydrogens is 252 g/mol. The highest BCUT2D eigenvalue weighted by molar-refractivity contribution is 9.10. The van der Waals surface area contributed by atoms with Gasteiger partial charge in [0.2, 0.25) is 0 Å². The Morgan fingerprint density at radius 1 is 1.13 bits per heavy atom. The molecule has 1 nitrogen and oxygen atoms in total. The van der Waals surface area contributed by atoms with Gasteiger partial charge in [-0.25, -0.2) is 0 Å². The largest absolute Gasteiger partial charge is 0.294 e. The van der Waals surface area contributed by atoms with Gasteiger partial charge in [0.15, 0.2) is 5.78 Å². The van der Waals surface area contributed by atoms with Crippen molar-refractivity contribution < 1.29 is 4.79 Å². The van der Waals surface area contributed by atoms with Crippen LogP contribution >= 0.6 is 15.9 Å². The summed E-state index contributed by atoms with van der Waals surface area (Å²) in [6.07, 6.45) is 3.93. The van der Waals surface area contributed by atoms with Crippen LogP contribution in [0.5, 0.6) is 0 Å². The predicted octanol–water partition coefficient (Wildman–Crippen LogP) is 4.38. The van der Waals surface area contributed by atoms with Crippen molar-refractivity contribution in [2.75, 3.05) is 0 Å². The maximum Gasteiger partial charge on any atom is 0.163 e. The van der Waals surface area contributed by atoms with Crippen LogP contribution in [0, 0.1) is 0 Å². The third-order valence-electron chi connectivity index (χ3n) is 2.47.